The number of rotatable bonds is 3. The third-order valence-electron chi connectivity index (χ3n) is 2.76. The van der Waals surface area contributed by atoms with Gasteiger partial charge in [-0.2, -0.15) is 0 Å². The highest BCUT2D eigenvalue weighted by Gasteiger charge is 2.23. The fourth-order valence-corrected chi connectivity index (χ4v) is 1.92. The molecule has 1 aliphatic heterocycles. The first-order chi connectivity index (χ1) is 8.08. The van der Waals surface area contributed by atoms with Crippen LogP contribution in [0.5, 0.6) is 0 Å². The second kappa shape index (κ2) is 4.53. The molecular weight excluding hydrogens is 221 g/mol. The fraction of sp³-hybridized carbons (Fsp3) is 0.333. The normalized spacial score (nSPS) is 13.8. The molecule has 1 heterocycles. The van der Waals surface area contributed by atoms with Crippen molar-refractivity contribution in [2.75, 3.05) is 13.1 Å². The van der Waals surface area contributed by atoms with Crippen LogP contribution in [-0.4, -0.2) is 29.7 Å². The van der Waals surface area contributed by atoms with E-state index in [1.54, 1.807) is 6.07 Å². The van der Waals surface area contributed by atoms with Gasteiger partial charge in [0.15, 0.2) is 0 Å². The summed E-state index contributed by atoms with van der Waals surface area (Å²) >= 11 is 0. The van der Waals surface area contributed by atoms with Crippen LogP contribution < -0.4 is 5.32 Å². The van der Waals surface area contributed by atoms with Gasteiger partial charge in [0.05, 0.1) is 0 Å². The largest absolute Gasteiger partial charge is 0.355 e. The number of hydrogen-bond donors (Lipinski definition) is 2. The Balaban J connectivity index is 2.02. The molecule has 5 heteroatoms. The van der Waals surface area contributed by atoms with Crippen molar-refractivity contribution in [1.82, 2.24) is 10.2 Å². The zero-order chi connectivity index (χ0) is 12.4. The highest BCUT2D eigenvalue weighted by molar-refractivity contribution is 6.00. The van der Waals surface area contributed by atoms with Crippen molar-refractivity contribution in [3.05, 3.63) is 35.1 Å². The predicted octanol–water partition coefficient (Wildman–Crippen LogP) is 1.10. The van der Waals surface area contributed by atoms with E-state index in [1.165, 1.54) is 19.1 Å². The SMILES string of the molecule is CC(=O)NCCN1Cc2ccc(F)cc2C1=N. The fourth-order valence-electron chi connectivity index (χ4n) is 1.92. The number of nitrogens with zero attached hydrogens (tertiary/aromatic N) is 1. The molecule has 2 rings (SSSR count). The van der Waals surface area contributed by atoms with Gasteiger partial charge in [-0.3, -0.25) is 10.2 Å². The van der Waals surface area contributed by atoms with Crippen molar-refractivity contribution >= 4 is 11.7 Å². The maximum Gasteiger partial charge on any atom is 0.216 e. The molecule has 90 valence electrons. The van der Waals surface area contributed by atoms with E-state index in [9.17, 15) is 9.18 Å². The molecule has 0 aliphatic carbocycles. The van der Waals surface area contributed by atoms with Crippen LogP contribution in [0.15, 0.2) is 18.2 Å². The minimum atomic E-state index is -0.322. The maximum atomic E-state index is 13.0. The van der Waals surface area contributed by atoms with Gasteiger partial charge in [-0.05, 0) is 17.7 Å². The van der Waals surface area contributed by atoms with Crippen LogP contribution in [-0.2, 0) is 11.3 Å². The molecule has 1 aromatic rings. The van der Waals surface area contributed by atoms with Gasteiger partial charge >= 0.3 is 0 Å². The number of amidine groups is 1. The zero-order valence-electron chi connectivity index (χ0n) is 9.59. The van der Waals surface area contributed by atoms with E-state index in [2.05, 4.69) is 5.32 Å². The summed E-state index contributed by atoms with van der Waals surface area (Å²) in [4.78, 5) is 12.5. The first kappa shape index (κ1) is 11.6. The van der Waals surface area contributed by atoms with E-state index < -0.39 is 0 Å². The molecule has 1 aliphatic rings. The Morgan fingerprint density at radius 3 is 3.06 bits per heavy atom. The molecule has 0 spiro atoms. The average molecular weight is 235 g/mol. The van der Waals surface area contributed by atoms with Crippen molar-refractivity contribution in [2.24, 2.45) is 0 Å². The molecule has 0 unspecified atom stereocenters. The molecule has 1 amide bonds. The van der Waals surface area contributed by atoms with Gasteiger partial charge in [0.2, 0.25) is 5.91 Å². The van der Waals surface area contributed by atoms with Gasteiger partial charge in [-0.25, -0.2) is 4.39 Å². The number of halogens is 1. The summed E-state index contributed by atoms with van der Waals surface area (Å²) in [7, 11) is 0. The lowest BCUT2D eigenvalue weighted by Gasteiger charge is -2.17. The van der Waals surface area contributed by atoms with Gasteiger partial charge in [0.25, 0.3) is 0 Å². The maximum absolute atomic E-state index is 13.0. The quantitative estimate of drug-likeness (QED) is 0.824. The summed E-state index contributed by atoms with van der Waals surface area (Å²) in [5.74, 6) is -0.0821. The van der Waals surface area contributed by atoms with Crippen LogP contribution in [0.3, 0.4) is 0 Å². The molecule has 17 heavy (non-hydrogen) atoms. The summed E-state index contributed by atoms with van der Waals surface area (Å²) in [6, 6.07) is 4.50. The molecule has 0 aromatic heterocycles. The van der Waals surface area contributed by atoms with Crippen molar-refractivity contribution in [3.8, 4) is 0 Å². The molecule has 0 atom stereocenters. The van der Waals surface area contributed by atoms with Gasteiger partial charge in [-0.15, -0.1) is 0 Å². The van der Waals surface area contributed by atoms with E-state index in [-0.39, 0.29) is 11.7 Å². The molecule has 0 saturated heterocycles. The molecule has 0 fully saturated rings. The van der Waals surface area contributed by atoms with Crippen LogP contribution in [0.2, 0.25) is 0 Å². The van der Waals surface area contributed by atoms with Gasteiger partial charge in [0.1, 0.15) is 11.7 Å². The third-order valence-corrected chi connectivity index (χ3v) is 2.76. The lowest BCUT2D eigenvalue weighted by Crippen LogP contribution is -2.34. The van der Waals surface area contributed by atoms with Crippen LogP contribution >= 0.6 is 0 Å². The number of fused-ring (bicyclic) bond motifs is 1. The number of hydrogen-bond acceptors (Lipinski definition) is 2. The molecule has 0 bridgehead atoms. The first-order valence-corrected chi connectivity index (χ1v) is 5.44. The summed E-state index contributed by atoms with van der Waals surface area (Å²) in [6.07, 6.45) is 0. The standard InChI is InChI=1S/C12H14FN3O/c1-8(17)15-4-5-16-7-9-2-3-10(13)6-11(9)12(16)14/h2-3,6,14H,4-5,7H2,1H3,(H,15,17). The molecule has 0 radical (unpaired) electrons. The number of nitrogens with one attached hydrogen (secondary N) is 2. The average Bonchev–Trinajstić information content (AvgIpc) is 2.56. The van der Waals surface area contributed by atoms with Crippen LogP contribution in [0, 0.1) is 11.2 Å². The number of carbonyl (C=O) groups is 1. The van der Waals surface area contributed by atoms with Crippen LogP contribution in [0.4, 0.5) is 4.39 Å². The highest BCUT2D eigenvalue weighted by Crippen LogP contribution is 2.22. The van der Waals surface area contributed by atoms with Crippen LogP contribution in [0.25, 0.3) is 0 Å². The minimum Gasteiger partial charge on any atom is -0.355 e. The third kappa shape index (κ3) is 2.43. The smallest absolute Gasteiger partial charge is 0.216 e. The van der Waals surface area contributed by atoms with Crippen molar-refractivity contribution in [2.45, 2.75) is 13.5 Å². The number of carbonyl (C=O) groups excluding carboxylic acids is 1. The Hall–Kier alpha value is -1.91. The predicted molar refractivity (Wildman–Crippen MR) is 62.3 cm³/mol. The monoisotopic (exact) mass is 235 g/mol. The Labute approximate surface area is 98.9 Å². The van der Waals surface area contributed by atoms with E-state index in [0.717, 1.165) is 5.56 Å². The number of benzene rings is 1. The van der Waals surface area contributed by atoms with E-state index in [0.29, 0.717) is 31.0 Å². The van der Waals surface area contributed by atoms with Crippen molar-refractivity contribution < 1.29 is 9.18 Å². The molecule has 0 saturated carbocycles. The Kier molecular flexibility index (Phi) is 3.08. The molecule has 2 N–H and O–H groups in total. The second-order valence-electron chi connectivity index (χ2n) is 4.05. The lowest BCUT2D eigenvalue weighted by atomic mass is 10.1. The molecule has 1 aromatic carbocycles. The second-order valence-corrected chi connectivity index (χ2v) is 4.05. The van der Waals surface area contributed by atoms with Gasteiger partial charge < -0.3 is 10.2 Å². The highest BCUT2D eigenvalue weighted by atomic mass is 19.1. The Morgan fingerprint density at radius 2 is 2.35 bits per heavy atom. The summed E-state index contributed by atoms with van der Waals surface area (Å²) in [6.45, 7) is 3.12. The van der Waals surface area contributed by atoms with Crippen LogP contribution in [0.1, 0.15) is 18.1 Å². The topological polar surface area (TPSA) is 56.2 Å². The van der Waals surface area contributed by atoms with Gasteiger partial charge in [-0.1, -0.05) is 6.07 Å². The first-order valence-electron chi connectivity index (χ1n) is 5.44. The Morgan fingerprint density at radius 1 is 1.59 bits per heavy atom. The summed E-state index contributed by atoms with van der Waals surface area (Å²) in [5.41, 5.74) is 1.60. The van der Waals surface area contributed by atoms with Gasteiger partial charge in [0, 0.05) is 32.1 Å². The van der Waals surface area contributed by atoms with Crippen molar-refractivity contribution in [3.63, 3.8) is 0 Å². The Bertz CT molecular complexity index is 473. The number of amides is 1. The lowest BCUT2D eigenvalue weighted by molar-refractivity contribution is -0.118. The van der Waals surface area contributed by atoms with E-state index >= 15 is 0 Å². The van der Waals surface area contributed by atoms with E-state index in [1.807, 2.05) is 4.90 Å². The zero-order valence-corrected chi connectivity index (χ0v) is 9.59. The minimum absolute atomic E-state index is 0.0840. The summed E-state index contributed by atoms with van der Waals surface area (Å²) in [5, 5.41) is 10.6. The van der Waals surface area contributed by atoms with E-state index in [4.69, 9.17) is 5.41 Å². The molecular formula is C12H14FN3O. The van der Waals surface area contributed by atoms with Crippen molar-refractivity contribution in [1.29, 1.82) is 5.41 Å². The summed E-state index contributed by atoms with van der Waals surface area (Å²) < 4.78 is 13.0. The molecule has 4 nitrogen and oxygen atoms in total.